The van der Waals surface area contributed by atoms with Crippen molar-refractivity contribution in [2.75, 3.05) is 21.9 Å². The molecule has 7 nitrogen and oxygen atoms in total. The quantitative estimate of drug-likeness (QED) is 0.898. The lowest BCUT2D eigenvalue weighted by Gasteiger charge is -2.28. The average molecular weight is 370 g/mol. The molecule has 0 unspecified atom stereocenters. The van der Waals surface area contributed by atoms with Crippen LogP contribution in [0.4, 0.5) is 11.5 Å². The molecule has 0 bridgehead atoms. The maximum absolute atomic E-state index is 12.3. The lowest BCUT2D eigenvalue weighted by Crippen LogP contribution is -2.37. The summed E-state index contributed by atoms with van der Waals surface area (Å²) >= 11 is 6.18. The number of aromatic nitrogens is 1. The lowest BCUT2D eigenvalue weighted by atomic mass is 10.2. The highest BCUT2D eigenvalue weighted by molar-refractivity contribution is 7.92. The predicted molar refractivity (Wildman–Crippen MR) is 91.0 cm³/mol. The molecule has 1 aliphatic rings. The number of nitrogens with one attached hydrogen (secondary N) is 1. The number of anilines is 2. The molecule has 1 saturated heterocycles. The number of hydrogen-bond acceptors (Lipinski definition) is 5. The zero-order valence-corrected chi connectivity index (χ0v) is 14.5. The van der Waals surface area contributed by atoms with E-state index < -0.39 is 15.9 Å². The fourth-order valence-corrected chi connectivity index (χ4v) is 4.42. The van der Waals surface area contributed by atoms with Crippen LogP contribution in [0.3, 0.4) is 0 Å². The molecule has 1 aromatic heterocycles. The second kappa shape index (κ2) is 6.45. The van der Waals surface area contributed by atoms with Crippen LogP contribution in [0.15, 0.2) is 28.8 Å². The fraction of sp³-hybridized carbons (Fsp3) is 0.333. The van der Waals surface area contributed by atoms with Crippen LogP contribution < -0.4 is 9.62 Å². The van der Waals surface area contributed by atoms with E-state index in [4.69, 9.17) is 16.1 Å². The highest BCUT2D eigenvalue weighted by atomic mass is 35.5. The van der Waals surface area contributed by atoms with Crippen molar-refractivity contribution >= 4 is 39.0 Å². The van der Waals surface area contributed by atoms with E-state index in [1.54, 1.807) is 19.1 Å². The third-order valence-electron chi connectivity index (χ3n) is 3.70. The van der Waals surface area contributed by atoms with Gasteiger partial charge in [0.25, 0.3) is 5.91 Å². The van der Waals surface area contributed by atoms with Crippen LogP contribution in [-0.4, -0.2) is 31.8 Å². The van der Waals surface area contributed by atoms with Crippen LogP contribution in [-0.2, 0) is 10.0 Å². The largest absolute Gasteiger partial charge is 0.360 e. The Morgan fingerprint density at radius 3 is 2.75 bits per heavy atom. The maximum Gasteiger partial charge on any atom is 0.258 e. The first-order chi connectivity index (χ1) is 11.4. The fourth-order valence-electron chi connectivity index (χ4n) is 2.53. The molecule has 24 heavy (non-hydrogen) atoms. The standard InChI is InChI=1S/C15H16ClN3O4S/c1-10-8-14(18-23-10)17-15(20)12-5-4-11(9-13(12)16)19-6-2-3-7-24(19,21)22/h4-5,8-9H,2-3,6-7H2,1H3,(H,17,18,20). The van der Waals surface area contributed by atoms with E-state index >= 15 is 0 Å². The lowest BCUT2D eigenvalue weighted by molar-refractivity contribution is 0.102. The highest BCUT2D eigenvalue weighted by Gasteiger charge is 2.26. The van der Waals surface area contributed by atoms with E-state index in [9.17, 15) is 13.2 Å². The summed E-state index contributed by atoms with van der Waals surface area (Å²) in [4.78, 5) is 12.3. The number of sulfonamides is 1. The Labute approximate surface area is 144 Å². The third-order valence-corrected chi connectivity index (χ3v) is 5.89. The van der Waals surface area contributed by atoms with Gasteiger partial charge in [0.15, 0.2) is 5.82 Å². The monoisotopic (exact) mass is 369 g/mol. The second-order valence-electron chi connectivity index (χ2n) is 5.54. The second-order valence-corrected chi connectivity index (χ2v) is 7.96. The molecule has 0 atom stereocenters. The summed E-state index contributed by atoms with van der Waals surface area (Å²) in [5.74, 6) is 0.540. The first-order valence-corrected chi connectivity index (χ1v) is 9.40. The van der Waals surface area contributed by atoms with Crippen molar-refractivity contribution in [2.45, 2.75) is 19.8 Å². The molecule has 3 rings (SSSR count). The van der Waals surface area contributed by atoms with Gasteiger partial charge in [-0.1, -0.05) is 16.8 Å². The zero-order valence-electron chi connectivity index (χ0n) is 13.0. The van der Waals surface area contributed by atoms with Gasteiger partial charge in [-0.3, -0.25) is 9.10 Å². The number of benzene rings is 1. The summed E-state index contributed by atoms with van der Waals surface area (Å²) in [6.07, 6.45) is 1.45. The molecule has 1 aromatic carbocycles. The molecule has 1 amide bonds. The van der Waals surface area contributed by atoms with Crippen LogP contribution in [0.1, 0.15) is 29.0 Å². The van der Waals surface area contributed by atoms with Crippen LogP contribution in [0.2, 0.25) is 5.02 Å². The van der Waals surface area contributed by atoms with E-state index in [0.29, 0.717) is 24.4 Å². The van der Waals surface area contributed by atoms with Crippen LogP contribution in [0.25, 0.3) is 0 Å². The molecule has 128 valence electrons. The van der Waals surface area contributed by atoms with E-state index in [1.165, 1.54) is 16.4 Å². The number of carbonyl (C=O) groups excluding carboxylic acids is 1. The highest BCUT2D eigenvalue weighted by Crippen LogP contribution is 2.28. The van der Waals surface area contributed by atoms with Gasteiger partial charge < -0.3 is 9.84 Å². The van der Waals surface area contributed by atoms with Crippen LogP contribution in [0, 0.1) is 6.92 Å². The molecule has 0 spiro atoms. The number of rotatable bonds is 3. The molecule has 2 aromatic rings. The Kier molecular flexibility index (Phi) is 4.51. The van der Waals surface area contributed by atoms with Gasteiger partial charge >= 0.3 is 0 Å². The summed E-state index contributed by atoms with van der Waals surface area (Å²) in [5.41, 5.74) is 0.698. The van der Waals surface area contributed by atoms with Crippen LogP contribution >= 0.6 is 11.6 Å². The first-order valence-electron chi connectivity index (χ1n) is 7.41. The van der Waals surface area contributed by atoms with Gasteiger partial charge in [0.1, 0.15) is 5.76 Å². The number of carbonyl (C=O) groups is 1. The summed E-state index contributed by atoms with van der Waals surface area (Å²) in [5, 5.41) is 6.43. The molecular weight excluding hydrogens is 354 g/mol. The van der Waals surface area contributed by atoms with E-state index in [1.807, 2.05) is 0 Å². The minimum Gasteiger partial charge on any atom is -0.360 e. The average Bonchev–Trinajstić information content (AvgIpc) is 2.91. The van der Waals surface area contributed by atoms with Crippen molar-refractivity contribution in [1.82, 2.24) is 5.16 Å². The number of hydrogen-bond donors (Lipinski definition) is 1. The zero-order chi connectivity index (χ0) is 17.3. The van der Waals surface area contributed by atoms with E-state index in [2.05, 4.69) is 10.5 Å². The Bertz CT molecular complexity index is 879. The topological polar surface area (TPSA) is 92.5 Å². The Morgan fingerprint density at radius 1 is 1.33 bits per heavy atom. The SMILES string of the molecule is Cc1cc(NC(=O)c2ccc(N3CCCCS3(=O)=O)cc2Cl)no1. The molecule has 1 aliphatic heterocycles. The Morgan fingerprint density at radius 2 is 2.12 bits per heavy atom. The summed E-state index contributed by atoms with van der Waals surface area (Å²) in [6.45, 7) is 2.13. The molecule has 0 radical (unpaired) electrons. The molecule has 1 N–H and O–H groups in total. The smallest absolute Gasteiger partial charge is 0.258 e. The molecular formula is C15H16ClN3O4S. The number of aryl methyl sites for hydroxylation is 1. The molecule has 1 fully saturated rings. The van der Waals surface area contributed by atoms with Crippen molar-refractivity contribution < 1.29 is 17.7 Å². The predicted octanol–water partition coefficient (Wildman–Crippen LogP) is 2.82. The van der Waals surface area contributed by atoms with E-state index in [0.717, 1.165) is 6.42 Å². The molecule has 9 heteroatoms. The van der Waals surface area contributed by atoms with Gasteiger partial charge in [0.2, 0.25) is 10.0 Å². The van der Waals surface area contributed by atoms with Crippen molar-refractivity contribution in [3.8, 4) is 0 Å². The van der Waals surface area contributed by atoms with Crippen molar-refractivity contribution in [2.24, 2.45) is 0 Å². The van der Waals surface area contributed by atoms with Gasteiger partial charge in [0, 0.05) is 12.6 Å². The van der Waals surface area contributed by atoms with Crippen molar-refractivity contribution in [3.05, 3.63) is 40.6 Å². The molecule has 0 aliphatic carbocycles. The number of halogens is 1. The van der Waals surface area contributed by atoms with Crippen molar-refractivity contribution in [3.63, 3.8) is 0 Å². The minimum atomic E-state index is -3.32. The summed E-state index contributed by atoms with van der Waals surface area (Å²) in [6, 6.07) is 6.16. The van der Waals surface area contributed by atoms with Gasteiger partial charge in [-0.2, -0.15) is 0 Å². The maximum atomic E-state index is 12.3. The first kappa shape index (κ1) is 16.8. The van der Waals surface area contributed by atoms with Crippen LogP contribution in [0.5, 0.6) is 0 Å². The molecule has 2 heterocycles. The Balaban J connectivity index is 1.83. The number of nitrogens with zero attached hydrogens (tertiary/aromatic N) is 2. The minimum absolute atomic E-state index is 0.123. The van der Waals surface area contributed by atoms with E-state index in [-0.39, 0.29) is 22.2 Å². The summed E-state index contributed by atoms with van der Waals surface area (Å²) in [7, 11) is -3.32. The van der Waals surface area contributed by atoms with Gasteiger partial charge in [-0.15, -0.1) is 0 Å². The number of amides is 1. The van der Waals surface area contributed by atoms with Gasteiger partial charge in [0.05, 0.1) is 22.0 Å². The normalized spacial score (nSPS) is 16.8. The van der Waals surface area contributed by atoms with Gasteiger partial charge in [-0.05, 0) is 38.0 Å². The Hall–Kier alpha value is -2.06. The summed E-state index contributed by atoms with van der Waals surface area (Å²) < 4.78 is 30.5. The molecule has 0 saturated carbocycles. The van der Waals surface area contributed by atoms with Crippen molar-refractivity contribution in [1.29, 1.82) is 0 Å². The van der Waals surface area contributed by atoms with Gasteiger partial charge in [-0.25, -0.2) is 8.42 Å². The third kappa shape index (κ3) is 3.39.